The molecule has 0 bridgehead atoms. The van der Waals surface area contributed by atoms with Crippen molar-refractivity contribution in [2.24, 2.45) is 0 Å². The normalized spacial score (nSPS) is 13.4. The highest BCUT2D eigenvalue weighted by Crippen LogP contribution is 2.04. The summed E-state index contributed by atoms with van der Waals surface area (Å²) in [7, 11) is 0. The third kappa shape index (κ3) is 5.53. The summed E-state index contributed by atoms with van der Waals surface area (Å²) in [5.74, 6) is -0.276. The highest BCUT2D eigenvalue weighted by molar-refractivity contribution is 5.84. The molecule has 2 N–H and O–H groups in total. The van der Waals surface area contributed by atoms with Gasteiger partial charge in [0, 0.05) is 12.0 Å². The fourth-order valence-electron chi connectivity index (χ4n) is 0.855. The van der Waals surface area contributed by atoms with Gasteiger partial charge in [0.25, 0.3) is 0 Å². The standard InChI is InChI=1S/C9H17NO4/c1-5-6(11)7(14-8(12)13)10-9(2,3)4/h7,10H,5H2,1-4H3,(H,12,13). The lowest BCUT2D eigenvalue weighted by Crippen LogP contribution is -2.49. The van der Waals surface area contributed by atoms with Gasteiger partial charge in [0.1, 0.15) is 0 Å². The predicted molar refractivity (Wildman–Crippen MR) is 51.1 cm³/mol. The molecular formula is C9H17NO4. The molecule has 0 heterocycles. The van der Waals surface area contributed by atoms with Crippen molar-refractivity contribution >= 4 is 11.9 Å². The van der Waals surface area contributed by atoms with Crippen LogP contribution in [-0.2, 0) is 9.53 Å². The molecule has 1 unspecified atom stereocenters. The first-order valence-corrected chi connectivity index (χ1v) is 4.46. The van der Waals surface area contributed by atoms with E-state index in [-0.39, 0.29) is 17.7 Å². The first-order valence-electron chi connectivity index (χ1n) is 4.46. The highest BCUT2D eigenvalue weighted by Gasteiger charge is 2.25. The smallest absolute Gasteiger partial charge is 0.450 e. The minimum absolute atomic E-state index is 0.237. The van der Waals surface area contributed by atoms with Crippen LogP contribution in [0.5, 0.6) is 0 Å². The minimum Gasteiger partial charge on any atom is -0.450 e. The van der Waals surface area contributed by atoms with Crippen molar-refractivity contribution in [3.05, 3.63) is 0 Å². The molecule has 0 rings (SSSR count). The predicted octanol–water partition coefficient (Wildman–Crippen LogP) is 1.37. The molecule has 0 radical (unpaired) electrons. The van der Waals surface area contributed by atoms with Crippen LogP contribution in [0.3, 0.4) is 0 Å². The Kier molecular flexibility index (Phi) is 4.56. The highest BCUT2D eigenvalue weighted by atomic mass is 16.7. The van der Waals surface area contributed by atoms with Gasteiger partial charge in [-0.05, 0) is 20.8 Å². The maximum atomic E-state index is 11.3. The minimum atomic E-state index is -1.45. The van der Waals surface area contributed by atoms with E-state index >= 15 is 0 Å². The van der Waals surface area contributed by atoms with Crippen LogP contribution in [0.4, 0.5) is 4.79 Å². The van der Waals surface area contributed by atoms with Gasteiger partial charge in [-0.15, -0.1) is 0 Å². The zero-order chi connectivity index (χ0) is 11.4. The summed E-state index contributed by atoms with van der Waals surface area (Å²) in [5.41, 5.74) is -0.370. The summed E-state index contributed by atoms with van der Waals surface area (Å²) >= 11 is 0. The summed E-state index contributed by atoms with van der Waals surface area (Å²) in [6.07, 6.45) is -2.29. The number of carbonyl (C=O) groups excluding carboxylic acids is 1. The summed E-state index contributed by atoms with van der Waals surface area (Å²) in [5, 5.41) is 11.2. The molecule has 5 nitrogen and oxygen atoms in total. The van der Waals surface area contributed by atoms with E-state index in [1.165, 1.54) is 0 Å². The van der Waals surface area contributed by atoms with Gasteiger partial charge in [0.15, 0.2) is 5.78 Å². The molecule has 0 aliphatic heterocycles. The number of hydrogen-bond acceptors (Lipinski definition) is 4. The Labute approximate surface area is 83.4 Å². The van der Waals surface area contributed by atoms with Crippen LogP contribution < -0.4 is 5.32 Å². The number of ketones is 1. The zero-order valence-corrected chi connectivity index (χ0v) is 8.96. The van der Waals surface area contributed by atoms with Gasteiger partial charge < -0.3 is 9.84 Å². The van der Waals surface area contributed by atoms with Crippen molar-refractivity contribution in [1.82, 2.24) is 5.32 Å². The fourth-order valence-corrected chi connectivity index (χ4v) is 0.855. The second-order valence-corrected chi connectivity index (χ2v) is 3.98. The van der Waals surface area contributed by atoms with Crippen molar-refractivity contribution in [3.63, 3.8) is 0 Å². The van der Waals surface area contributed by atoms with E-state index in [9.17, 15) is 9.59 Å². The van der Waals surface area contributed by atoms with Crippen LogP contribution in [0.2, 0.25) is 0 Å². The Morgan fingerprint density at radius 2 is 1.93 bits per heavy atom. The van der Waals surface area contributed by atoms with Gasteiger partial charge in [-0.1, -0.05) is 6.92 Å². The number of rotatable bonds is 4. The van der Waals surface area contributed by atoms with Crippen LogP contribution in [0.15, 0.2) is 0 Å². The van der Waals surface area contributed by atoms with E-state index in [1.54, 1.807) is 6.92 Å². The van der Waals surface area contributed by atoms with Crippen molar-refractivity contribution in [2.45, 2.75) is 45.9 Å². The molecule has 0 saturated carbocycles. The molecule has 0 aromatic rings. The lowest BCUT2D eigenvalue weighted by molar-refractivity contribution is -0.130. The molecule has 0 aromatic heterocycles. The van der Waals surface area contributed by atoms with E-state index in [0.29, 0.717) is 0 Å². The largest absolute Gasteiger partial charge is 0.507 e. The first kappa shape index (κ1) is 12.9. The topological polar surface area (TPSA) is 75.6 Å². The van der Waals surface area contributed by atoms with Crippen molar-refractivity contribution < 1.29 is 19.4 Å². The average Bonchev–Trinajstić information content (AvgIpc) is 1.98. The van der Waals surface area contributed by atoms with Gasteiger partial charge in [0.2, 0.25) is 6.23 Å². The van der Waals surface area contributed by atoms with Gasteiger partial charge >= 0.3 is 6.16 Å². The molecule has 0 amide bonds. The number of ether oxygens (including phenoxy) is 1. The molecule has 5 heteroatoms. The lowest BCUT2D eigenvalue weighted by Gasteiger charge is -2.26. The molecule has 82 valence electrons. The third-order valence-electron chi connectivity index (χ3n) is 1.42. The Bertz CT molecular complexity index is 219. The fraction of sp³-hybridized carbons (Fsp3) is 0.778. The van der Waals surface area contributed by atoms with E-state index in [0.717, 1.165) is 0 Å². The van der Waals surface area contributed by atoms with Crippen LogP contribution >= 0.6 is 0 Å². The second kappa shape index (κ2) is 4.95. The summed E-state index contributed by atoms with van der Waals surface area (Å²) in [6.45, 7) is 7.14. The van der Waals surface area contributed by atoms with E-state index in [1.807, 2.05) is 20.8 Å². The van der Waals surface area contributed by atoms with Gasteiger partial charge in [-0.25, -0.2) is 4.79 Å². The second-order valence-electron chi connectivity index (χ2n) is 3.98. The molecule has 1 atom stereocenters. The molecule has 0 saturated heterocycles. The number of nitrogens with one attached hydrogen (secondary N) is 1. The van der Waals surface area contributed by atoms with Crippen LogP contribution in [-0.4, -0.2) is 28.8 Å². The van der Waals surface area contributed by atoms with Crippen molar-refractivity contribution in [2.75, 3.05) is 0 Å². The van der Waals surface area contributed by atoms with Gasteiger partial charge in [-0.3, -0.25) is 10.1 Å². The van der Waals surface area contributed by atoms with E-state index in [4.69, 9.17) is 5.11 Å². The van der Waals surface area contributed by atoms with Crippen molar-refractivity contribution in [3.8, 4) is 0 Å². The van der Waals surface area contributed by atoms with Gasteiger partial charge in [-0.2, -0.15) is 0 Å². The SMILES string of the molecule is CCC(=O)C(NC(C)(C)C)OC(=O)O. The Balaban J connectivity index is 4.40. The Morgan fingerprint density at radius 1 is 1.43 bits per heavy atom. The van der Waals surface area contributed by atoms with Crippen molar-refractivity contribution in [1.29, 1.82) is 0 Å². The lowest BCUT2D eigenvalue weighted by atomic mass is 10.1. The number of carbonyl (C=O) groups is 2. The summed E-state index contributed by atoms with van der Waals surface area (Å²) < 4.78 is 4.44. The number of carboxylic acid groups (broad SMARTS) is 1. The number of hydrogen-bond donors (Lipinski definition) is 2. The molecule has 0 aliphatic carbocycles. The van der Waals surface area contributed by atoms with Crippen LogP contribution in [0, 0.1) is 0 Å². The molecule has 14 heavy (non-hydrogen) atoms. The Morgan fingerprint density at radius 3 is 2.21 bits per heavy atom. The van der Waals surface area contributed by atoms with Crippen LogP contribution in [0.1, 0.15) is 34.1 Å². The maximum Gasteiger partial charge on any atom is 0.507 e. The number of Topliss-reactive ketones (excluding diaryl/α,β-unsaturated/α-hetero) is 1. The third-order valence-corrected chi connectivity index (χ3v) is 1.42. The van der Waals surface area contributed by atoms with E-state index < -0.39 is 12.4 Å². The Hall–Kier alpha value is -1.10. The molecule has 0 spiro atoms. The summed E-state index contributed by atoms with van der Waals surface area (Å²) in [6, 6.07) is 0. The zero-order valence-electron chi connectivity index (χ0n) is 8.96. The first-order chi connectivity index (χ1) is 6.26. The quantitative estimate of drug-likeness (QED) is 0.533. The monoisotopic (exact) mass is 203 g/mol. The maximum absolute atomic E-state index is 11.3. The van der Waals surface area contributed by atoms with E-state index in [2.05, 4.69) is 10.1 Å². The average molecular weight is 203 g/mol. The molecule has 0 aromatic carbocycles. The molecule has 0 aliphatic rings. The molecular weight excluding hydrogens is 186 g/mol. The molecule has 0 fully saturated rings. The van der Waals surface area contributed by atoms with Gasteiger partial charge in [0.05, 0.1) is 0 Å². The van der Waals surface area contributed by atoms with Crippen LogP contribution in [0.25, 0.3) is 0 Å². The summed E-state index contributed by atoms with van der Waals surface area (Å²) in [4.78, 5) is 21.6.